The van der Waals surface area contributed by atoms with E-state index in [0.29, 0.717) is 15.9 Å². The Labute approximate surface area is 179 Å². The predicted octanol–water partition coefficient (Wildman–Crippen LogP) is 4.49. The van der Waals surface area contributed by atoms with Crippen molar-refractivity contribution in [3.8, 4) is 0 Å². The normalized spacial score (nSPS) is 19.2. The first-order chi connectivity index (χ1) is 14.5. The summed E-state index contributed by atoms with van der Waals surface area (Å²) in [6, 6.07) is 9.72. The summed E-state index contributed by atoms with van der Waals surface area (Å²) in [6.07, 6.45) is -4.52. The largest absolute Gasteiger partial charge is 0.416 e. The molecular formula is C21H15ClF3N3O3. The van der Waals surface area contributed by atoms with Crippen molar-refractivity contribution in [2.75, 3.05) is 6.54 Å². The molecule has 0 radical (unpaired) electrons. The van der Waals surface area contributed by atoms with Gasteiger partial charge in [0.1, 0.15) is 5.54 Å². The average Bonchev–Trinajstić information content (AvgIpc) is 3.22. The molecule has 0 aliphatic carbocycles. The first-order valence-corrected chi connectivity index (χ1v) is 9.50. The number of nitrogens with zero attached hydrogens (tertiary/aromatic N) is 1. The molecular weight excluding hydrogens is 435 g/mol. The van der Waals surface area contributed by atoms with E-state index in [-0.39, 0.29) is 11.3 Å². The van der Waals surface area contributed by atoms with E-state index in [2.05, 4.69) is 10.3 Å². The van der Waals surface area contributed by atoms with Crippen LogP contribution in [0.3, 0.4) is 0 Å². The van der Waals surface area contributed by atoms with Crippen molar-refractivity contribution in [1.29, 1.82) is 0 Å². The number of carbonyl (C=O) groups excluding carboxylic acids is 3. The maximum atomic E-state index is 12.9. The van der Waals surface area contributed by atoms with Gasteiger partial charge in [0.05, 0.1) is 17.8 Å². The molecule has 1 aliphatic heterocycles. The molecule has 0 saturated carbocycles. The topological polar surface area (TPSA) is 82.3 Å². The summed E-state index contributed by atoms with van der Waals surface area (Å²) in [5.41, 5.74) is -1.42. The van der Waals surface area contributed by atoms with E-state index in [4.69, 9.17) is 11.6 Å². The van der Waals surface area contributed by atoms with Crippen LogP contribution in [0.4, 0.5) is 18.0 Å². The molecule has 31 heavy (non-hydrogen) atoms. The van der Waals surface area contributed by atoms with Gasteiger partial charge in [-0.15, -0.1) is 0 Å². The number of alkyl halides is 3. The molecule has 0 bridgehead atoms. The third kappa shape index (κ3) is 3.65. The predicted molar refractivity (Wildman–Crippen MR) is 107 cm³/mol. The summed E-state index contributed by atoms with van der Waals surface area (Å²) in [6.45, 7) is 0.854. The zero-order chi connectivity index (χ0) is 22.6. The second-order valence-electron chi connectivity index (χ2n) is 7.36. The summed E-state index contributed by atoms with van der Waals surface area (Å²) in [4.78, 5) is 41.7. The van der Waals surface area contributed by atoms with E-state index in [1.165, 1.54) is 6.92 Å². The molecule has 1 aromatic heterocycles. The average molecular weight is 450 g/mol. The number of imide groups is 1. The maximum absolute atomic E-state index is 12.9. The maximum Gasteiger partial charge on any atom is 0.416 e. The Kier molecular flexibility index (Phi) is 4.81. The first-order valence-electron chi connectivity index (χ1n) is 9.12. The van der Waals surface area contributed by atoms with Crippen LogP contribution in [0.15, 0.2) is 48.5 Å². The van der Waals surface area contributed by atoms with Gasteiger partial charge in [0.25, 0.3) is 5.91 Å². The molecule has 2 N–H and O–H groups in total. The van der Waals surface area contributed by atoms with Gasteiger partial charge in [0.15, 0.2) is 5.78 Å². The third-order valence-electron chi connectivity index (χ3n) is 5.25. The lowest BCUT2D eigenvalue weighted by Gasteiger charge is -2.22. The van der Waals surface area contributed by atoms with Crippen LogP contribution in [0.5, 0.6) is 0 Å². The Morgan fingerprint density at radius 1 is 1.10 bits per heavy atom. The van der Waals surface area contributed by atoms with Crippen LogP contribution < -0.4 is 5.32 Å². The molecule has 160 valence electrons. The number of hydrogen-bond acceptors (Lipinski definition) is 3. The van der Waals surface area contributed by atoms with Crippen molar-refractivity contribution in [3.05, 3.63) is 70.4 Å². The minimum Gasteiger partial charge on any atom is -0.352 e. The fraction of sp³-hybridized carbons (Fsp3) is 0.190. The summed E-state index contributed by atoms with van der Waals surface area (Å²) in [7, 11) is 0. The van der Waals surface area contributed by atoms with Crippen molar-refractivity contribution < 1.29 is 27.6 Å². The number of halogens is 4. The van der Waals surface area contributed by atoms with Gasteiger partial charge < -0.3 is 10.3 Å². The van der Waals surface area contributed by atoms with Crippen LogP contribution in [-0.4, -0.2) is 34.2 Å². The highest BCUT2D eigenvalue weighted by Crippen LogP contribution is 2.33. The lowest BCUT2D eigenvalue weighted by molar-refractivity contribution is -0.137. The van der Waals surface area contributed by atoms with E-state index in [0.717, 1.165) is 29.2 Å². The van der Waals surface area contributed by atoms with Crippen LogP contribution in [0.25, 0.3) is 10.9 Å². The molecule has 0 spiro atoms. The third-order valence-corrected chi connectivity index (χ3v) is 5.48. The minimum atomic E-state index is -4.52. The lowest BCUT2D eigenvalue weighted by atomic mass is 9.91. The smallest absolute Gasteiger partial charge is 0.352 e. The number of aromatic nitrogens is 1. The molecule has 2 heterocycles. The summed E-state index contributed by atoms with van der Waals surface area (Å²) in [5.74, 6) is -1.24. The van der Waals surface area contributed by atoms with Crippen LogP contribution in [0.2, 0.25) is 5.02 Å². The summed E-state index contributed by atoms with van der Waals surface area (Å²) in [5, 5.41) is 3.66. The Bertz CT molecular complexity index is 1220. The zero-order valence-corrected chi connectivity index (χ0v) is 16.8. The van der Waals surface area contributed by atoms with E-state index >= 15 is 0 Å². The monoisotopic (exact) mass is 449 g/mol. The van der Waals surface area contributed by atoms with Gasteiger partial charge in [0.2, 0.25) is 0 Å². The van der Waals surface area contributed by atoms with Crippen molar-refractivity contribution in [2.24, 2.45) is 0 Å². The number of amides is 3. The molecule has 3 aromatic rings. The second kappa shape index (κ2) is 7.12. The SMILES string of the molecule is CC1(c2ccc(C(F)(F)F)cc2)NC(=O)N(CC(=O)c2cc3cc(Cl)ccc3[nH]2)C1=O. The van der Waals surface area contributed by atoms with Gasteiger partial charge in [0, 0.05) is 15.9 Å². The van der Waals surface area contributed by atoms with Crippen molar-refractivity contribution in [3.63, 3.8) is 0 Å². The molecule has 3 amide bonds. The van der Waals surface area contributed by atoms with Gasteiger partial charge in [-0.25, -0.2) is 4.79 Å². The Balaban J connectivity index is 1.56. The number of ketones is 1. The van der Waals surface area contributed by atoms with E-state index in [1.54, 1.807) is 24.3 Å². The number of aromatic amines is 1. The quantitative estimate of drug-likeness (QED) is 0.455. The fourth-order valence-corrected chi connectivity index (χ4v) is 3.69. The number of carbonyl (C=O) groups is 3. The van der Waals surface area contributed by atoms with Gasteiger partial charge in [-0.2, -0.15) is 13.2 Å². The zero-order valence-electron chi connectivity index (χ0n) is 16.0. The Morgan fingerprint density at radius 2 is 1.77 bits per heavy atom. The van der Waals surface area contributed by atoms with Gasteiger partial charge >= 0.3 is 12.2 Å². The van der Waals surface area contributed by atoms with Gasteiger partial charge in [-0.1, -0.05) is 23.7 Å². The van der Waals surface area contributed by atoms with Crippen LogP contribution in [0.1, 0.15) is 28.5 Å². The van der Waals surface area contributed by atoms with Crippen LogP contribution in [-0.2, 0) is 16.5 Å². The Morgan fingerprint density at radius 3 is 2.42 bits per heavy atom. The molecule has 2 aromatic carbocycles. The highest BCUT2D eigenvalue weighted by atomic mass is 35.5. The number of H-pyrrole nitrogens is 1. The van der Waals surface area contributed by atoms with Crippen LogP contribution >= 0.6 is 11.6 Å². The molecule has 1 unspecified atom stereocenters. The number of fused-ring (bicyclic) bond motifs is 1. The molecule has 10 heteroatoms. The van der Waals surface area contributed by atoms with Crippen molar-refractivity contribution in [2.45, 2.75) is 18.6 Å². The van der Waals surface area contributed by atoms with E-state index in [9.17, 15) is 27.6 Å². The summed E-state index contributed by atoms with van der Waals surface area (Å²) >= 11 is 5.94. The lowest BCUT2D eigenvalue weighted by Crippen LogP contribution is -2.41. The first kappa shape index (κ1) is 20.9. The van der Waals surface area contributed by atoms with Gasteiger partial charge in [-0.3, -0.25) is 14.5 Å². The number of benzene rings is 2. The van der Waals surface area contributed by atoms with E-state index < -0.39 is 41.5 Å². The van der Waals surface area contributed by atoms with Gasteiger partial charge in [-0.05, 0) is 48.9 Å². The number of Topliss-reactive ketones (excluding diaryl/α,β-unsaturated/α-hetero) is 1. The summed E-state index contributed by atoms with van der Waals surface area (Å²) < 4.78 is 38.4. The van der Waals surface area contributed by atoms with Crippen LogP contribution in [0, 0.1) is 0 Å². The molecule has 6 nitrogen and oxygen atoms in total. The standard InChI is InChI=1S/C21H15ClF3N3O3/c1-20(12-2-4-13(5-3-12)21(23,24)25)18(30)28(19(31)27-20)10-17(29)16-9-11-8-14(22)6-7-15(11)26-16/h2-9,26H,10H2,1H3,(H,27,31). The molecule has 1 fully saturated rings. The van der Waals surface area contributed by atoms with E-state index in [1.807, 2.05) is 0 Å². The number of urea groups is 1. The van der Waals surface area contributed by atoms with Crippen molar-refractivity contribution in [1.82, 2.24) is 15.2 Å². The minimum absolute atomic E-state index is 0.175. The highest BCUT2D eigenvalue weighted by Gasteiger charge is 2.49. The van der Waals surface area contributed by atoms with Crippen molar-refractivity contribution >= 4 is 40.2 Å². The molecule has 1 atom stereocenters. The molecule has 4 rings (SSSR count). The number of nitrogens with one attached hydrogen (secondary N) is 2. The highest BCUT2D eigenvalue weighted by molar-refractivity contribution is 6.31. The Hall–Kier alpha value is -3.33. The second-order valence-corrected chi connectivity index (χ2v) is 7.80. The number of rotatable bonds is 4. The molecule has 1 aliphatic rings. The molecule has 1 saturated heterocycles. The fourth-order valence-electron chi connectivity index (χ4n) is 3.51. The number of hydrogen-bond donors (Lipinski definition) is 2.